The van der Waals surface area contributed by atoms with Crippen molar-refractivity contribution in [1.29, 1.82) is 0 Å². The largest absolute Gasteiger partial charge is 0.485 e. The Morgan fingerprint density at radius 2 is 2.17 bits per heavy atom. The fraction of sp³-hybridized carbons (Fsp3) is 0.312. The maximum Gasteiger partial charge on any atom is 0.264 e. The topological polar surface area (TPSA) is 56.8 Å². The standard InChI is InChI=1S/C16H16ClNO4S/c1-20-12(14-6-7-15(17)23-14)8-18-16(19)13-9-21-10-4-2-3-5-11(10)22-13/h2-7,12-13H,8-9H2,1H3,(H,18,19). The summed E-state index contributed by atoms with van der Waals surface area (Å²) >= 11 is 7.36. The molecule has 0 saturated heterocycles. The van der Waals surface area contributed by atoms with Crippen LogP contribution in [0.3, 0.4) is 0 Å². The Bertz CT molecular complexity index is 690. The van der Waals surface area contributed by atoms with Gasteiger partial charge in [-0.05, 0) is 24.3 Å². The van der Waals surface area contributed by atoms with Gasteiger partial charge in [0.05, 0.1) is 4.34 Å². The van der Waals surface area contributed by atoms with E-state index >= 15 is 0 Å². The van der Waals surface area contributed by atoms with Crippen LogP contribution in [0.2, 0.25) is 4.34 Å². The van der Waals surface area contributed by atoms with Gasteiger partial charge in [0, 0.05) is 18.5 Å². The Balaban J connectivity index is 1.57. The molecule has 0 aliphatic carbocycles. The predicted octanol–water partition coefficient (Wildman–Crippen LogP) is 3.05. The van der Waals surface area contributed by atoms with E-state index in [0.717, 1.165) is 4.88 Å². The van der Waals surface area contributed by atoms with Crippen molar-refractivity contribution in [3.63, 3.8) is 0 Å². The number of para-hydroxylation sites is 2. The zero-order valence-corrected chi connectivity index (χ0v) is 14.0. The van der Waals surface area contributed by atoms with Crippen LogP contribution in [-0.2, 0) is 9.53 Å². The number of rotatable bonds is 5. The molecule has 0 saturated carbocycles. The fourth-order valence-electron chi connectivity index (χ4n) is 2.26. The molecule has 0 bridgehead atoms. The van der Waals surface area contributed by atoms with Crippen LogP contribution in [0.5, 0.6) is 11.5 Å². The molecule has 0 spiro atoms. The van der Waals surface area contributed by atoms with Crippen LogP contribution in [0, 0.1) is 0 Å². The van der Waals surface area contributed by atoms with Crippen LogP contribution >= 0.6 is 22.9 Å². The van der Waals surface area contributed by atoms with Gasteiger partial charge in [0.15, 0.2) is 11.5 Å². The fourth-order valence-corrected chi connectivity index (χ4v) is 3.40. The molecule has 0 radical (unpaired) electrons. The number of hydrogen-bond donors (Lipinski definition) is 1. The van der Waals surface area contributed by atoms with Crippen molar-refractivity contribution in [2.75, 3.05) is 20.3 Å². The van der Waals surface area contributed by atoms with Crippen LogP contribution in [0.4, 0.5) is 0 Å². The Labute approximate surface area is 143 Å². The summed E-state index contributed by atoms with van der Waals surface area (Å²) in [7, 11) is 1.60. The third-order valence-corrected chi connectivity index (χ3v) is 4.78. The summed E-state index contributed by atoms with van der Waals surface area (Å²) in [4.78, 5) is 13.2. The van der Waals surface area contributed by atoms with Crippen molar-refractivity contribution in [3.05, 3.63) is 45.6 Å². The van der Waals surface area contributed by atoms with E-state index in [0.29, 0.717) is 22.4 Å². The van der Waals surface area contributed by atoms with Crippen LogP contribution in [0.1, 0.15) is 11.0 Å². The van der Waals surface area contributed by atoms with E-state index in [-0.39, 0.29) is 18.6 Å². The highest BCUT2D eigenvalue weighted by Gasteiger charge is 2.27. The zero-order valence-electron chi connectivity index (χ0n) is 12.5. The van der Waals surface area contributed by atoms with E-state index in [1.54, 1.807) is 13.2 Å². The lowest BCUT2D eigenvalue weighted by Gasteiger charge is -2.26. The number of carbonyl (C=O) groups is 1. The average Bonchev–Trinajstić information content (AvgIpc) is 3.01. The number of benzene rings is 1. The van der Waals surface area contributed by atoms with E-state index in [1.165, 1.54) is 11.3 Å². The van der Waals surface area contributed by atoms with Crippen molar-refractivity contribution < 1.29 is 19.0 Å². The van der Waals surface area contributed by atoms with Gasteiger partial charge in [0.2, 0.25) is 6.10 Å². The maximum absolute atomic E-state index is 12.3. The maximum atomic E-state index is 12.3. The minimum absolute atomic E-state index is 0.186. The van der Waals surface area contributed by atoms with Crippen LogP contribution in [0.25, 0.3) is 0 Å². The van der Waals surface area contributed by atoms with E-state index in [9.17, 15) is 4.79 Å². The first-order chi connectivity index (χ1) is 11.2. The predicted molar refractivity (Wildman–Crippen MR) is 88.4 cm³/mol. The molecule has 5 nitrogen and oxygen atoms in total. The number of carbonyl (C=O) groups excluding carboxylic acids is 1. The summed E-state index contributed by atoms with van der Waals surface area (Å²) in [6, 6.07) is 11.0. The van der Waals surface area contributed by atoms with E-state index in [1.807, 2.05) is 30.3 Å². The Kier molecular flexibility index (Phi) is 5.05. The molecule has 2 aromatic rings. The number of halogens is 1. The minimum Gasteiger partial charge on any atom is -0.485 e. The lowest BCUT2D eigenvalue weighted by Crippen LogP contribution is -2.45. The number of hydrogen-bond acceptors (Lipinski definition) is 5. The molecule has 2 atom stereocenters. The monoisotopic (exact) mass is 353 g/mol. The molecule has 2 unspecified atom stereocenters. The van der Waals surface area contributed by atoms with E-state index in [4.69, 9.17) is 25.8 Å². The molecule has 1 aromatic heterocycles. The highest BCUT2D eigenvalue weighted by Crippen LogP contribution is 2.31. The number of methoxy groups -OCH3 is 1. The van der Waals surface area contributed by atoms with Gasteiger partial charge in [0.1, 0.15) is 12.7 Å². The van der Waals surface area contributed by atoms with Crippen molar-refractivity contribution >= 4 is 28.8 Å². The van der Waals surface area contributed by atoms with Gasteiger partial charge in [-0.25, -0.2) is 0 Å². The normalized spacial score (nSPS) is 17.6. The Morgan fingerprint density at radius 3 is 2.87 bits per heavy atom. The first-order valence-electron chi connectivity index (χ1n) is 7.11. The van der Waals surface area contributed by atoms with Crippen molar-refractivity contribution in [1.82, 2.24) is 5.32 Å². The quantitative estimate of drug-likeness (QED) is 0.897. The third-order valence-electron chi connectivity index (χ3n) is 3.46. The second-order valence-corrected chi connectivity index (χ2v) is 6.72. The molecule has 1 aliphatic rings. The van der Waals surface area contributed by atoms with Crippen LogP contribution < -0.4 is 14.8 Å². The molecule has 1 aliphatic heterocycles. The highest BCUT2D eigenvalue weighted by atomic mass is 35.5. The molecule has 1 aromatic carbocycles. The van der Waals surface area contributed by atoms with Crippen LogP contribution in [-0.4, -0.2) is 32.3 Å². The Morgan fingerprint density at radius 1 is 1.39 bits per heavy atom. The number of nitrogens with one attached hydrogen (secondary N) is 1. The van der Waals surface area contributed by atoms with Gasteiger partial charge in [-0.1, -0.05) is 23.7 Å². The number of amides is 1. The first-order valence-corrected chi connectivity index (χ1v) is 8.31. The summed E-state index contributed by atoms with van der Waals surface area (Å²) in [6.45, 7) is 0.527. The lowest BCUT2D eigenvalue weighted by molar-refractivity contribution is -0.130. The zero-order chi connectivity index (χ0) is 16.2. The number of ether oxygens (including phenoxy) is 3. The van der Waals surface area contributed by atoms with Crippen molar-refractivity contribution in [2.24, 2.45) is 0 Å². The summed E-state index contributed by atoms with van der Waals surface area (Å²) in [5.74, 6) is 0.996. The van der Waals surface area contributed by atoms with Gasteiger partial charge in [-0.2, -0.15) is 0 Å². The molecule has 7 heteroatoms. The molecule has 1 amide bonds. The molecule has 0 fully saturated rings. The van der Waals surface area contributed by atoms with Gasteiger partial charge in [-0.15, -0.1) is 11.3 Å². The molecular weight excluding hydrogens is 338 g/mol. The molecule has 3 rings (SSSR count). The number of thiophene rings is 1. The Hall–Kier alpha value is -1.76. The molecule has 122 valence electrons. The van der Waals surface area contributed by atoms with Crippen molar-refractivity contribution in [3.8, 4) is 11.5 Å². The molecule has 23 heavy (non-hydrogen) atoms. The molecule has 1 N–H and O–H groups in total. The van der Waals surface area contributed by atoms with Crippen LogP contribution in [0.15, 0.2) is 36.4 Å². The summed E-state index contributed by atoms with van der Waals surface area (Å²) < 4.78 is 17.3. The molecule has 2 heterocycles. The molecular formula is C16H16ClNO4S. The third kappa shape index (κ3) is 3.77. The van der Waals surface area contributed by atoms with E-state index in [2.05, 4.69) is 5.32 Å². The SMILES string of the molecule is COC(CNC(=O)C1COc2ccccc2O1)c1ccc(Cl)s1. The van der Waals surface area contributed by atoms with E-state index < -0.39 is 6.10 Å². The summed E-state index contributed by atoms with van der Waals surface area (Å²) in [5, 5.41) is 2.84. The van der Waals surface area contributed by atoms with Crippen molar-refractivity contribution in [2.45, 2.75) is 12.2 Å². The van der Waals surface area contributed by atoms with Gasteiger partial charge >= 0.3 is 0 Å². The lowest BCUT2D eigenvalue weighted by atomic mass is 10.2. The number of fused-ring (bicyclic) bond motifs is 1. The van der Waals surface area contributed by atoms with Gasteiger partial charge in [0.25, 0.3) is 5.91 Å². The summed E-state index contributed by atoms with van der Waals surface area (Å²) in [5.41, 5.74) is 0. The summed E-state index contributed by atoms with van der Waals surface area (Å²) in [6.07, 6.45) is -0.914. The second-order valence-electron chi connectivity index (χ2n) is 4.98. The van der Waals surface area contributed by atoms with Gasteiger partial charge < -0.3 is 19.5 Å². The second kappa shape index (κ2) is 7.21. The first kappa shape index (κ1) is 16.1. The smallest absolute Gasteiger partial charge is 0.264 e. The highest BCUT2D eigenvalue weighted by molar-refractivity contribution is 7.16. The minimum atomic E-state index is -0.672. The average molecular weight is 354 g/mol. The van der Waals surface area contributed by atoms with Gasteiger partial charge in [-0.3, -0.25) is 4.79 Å².